The number of para-hydroxylation sites is 1. The zero-order valence-electron chi connectivity index (χ0n) is 8.07. The van der Waals surface area contributed by atoms with Gasteiger partial charge in [0.2, 0.25) is 0 Å². The first kappa shape index (κ1) is 10.5. The third kappa shape index (κ3) is 3.04. The minimum absolute atomic E-state index is 0.217. The Bertz CT molecular complexity index is 332. The normalized spacial score (nSPS) is 11.9. The van der Waals surface area contributed by atoms with E-state index in [4.69, 9.17) is 17.2 Å². The lowest BCUT2D eigenvalue weighted by molar-refractivity contribution is 0.750. The summed E-state index contributed by atoms with van der Waals surface area (Å²) in [5.74, 6) is 0.217. The van der Waals surface area contributed by atoms with Crippen molar-refractivity contribution in [1.82, 2.24) is 0 Å². The van der Waals surface area contributed by atoms with Crippen LogP contribution in [0.4, 0.5) is 5.69 Å². The predicted molar refractivity (Wildman–Crippen MR) is 58.6 cm³/mol. The third-order valence-electron chi connectivity index (χ3n) is 1.70. The van der Waals surface area contributed by atoms with E-state index in [0.29, 0.717) is 0 Å². The minimum atomic E-state index is -0.786. The van der Waals surface area contributed by atoms with Crippen molar-refractivity contribution in [3.05, 3.63) is 29.8 Å². The van der Waals surface area contributed by atoms with Crippen LogP contribution in [-0.2, 0) is 0 Å². The second-order valence-electron chi connectivity index (χ2n) is 2.94. The summed E-state index contributed by atoms with van der Waals surface area (Å²) in [5.41, 5.74) is 18.0. The number of guanidine groups is 1. The summed E-state index contributed by atoms with van der Waals surface area (Å²) in [7, 11) is 0. The fraction of sp³-hybridized carbons (Fsp3) is 0.222. The summed E-state index contributed by atoms with van der Waals surface area (Å²) in [6.07, 6.45) is -0.786. The van der Waals surface area contributed by atoms with Gasteiger partial charge in [0.25, 0.3) is 0 Å². The van der Waals surface area contributed by atoms with Gasteiger partial charge in [-0.25, -0.2) is 4.99 Å². The molecule has 0 atom stereocenters. The second-order valence-corrected chi connectivity index (χ2v) is 2.94. The Morgan fingerprint density at radius 3 is 2.57 bits per heavy atom. The quantitative estimate of drug-likeness (QED) is 0.300. The lowest BCUT2D eigenvalue weighted by atomic mass is 10.2. The number of nitrogens with one attached hydrogen (secondary N) is 1. The Balaban J connectivity index is 2.74. The summed E-state index contributed by atoms with van der Waals surface area (Å²) in [6, 6.07) is 7.73. The highest BCUT2D eigenvalue weighted by Gasteiger charge is 1.98. The topological polar surface area (TPSA) is 102 Å². The van der Waals surface area contributed by atoms with Crippen LogP contribution in [0.1, 0.15) is 5.56 Å². The van der Waals surface area contributed by atoms with Gasteiger partial charge in [0.1, 0.15) is 0 Å². The summed E-state index contributed by atoms with van der Waals surface area (Å²) >= 11 is 0. The Hall–Kier alpha value is -1.59. The number of hydrogen-bond donors (Lipinski definition) is 4. The average molecular weight is 193 g/mol. The molecule has 0 aliphatic carbocycles. The Morgan fingerprint density at radius 2 is 2.00 bits per heavy atom. The van der Waals surface area contributed by atoms with Crippen LogP contribution in [0.3, 0.4) is 0 Å². The standard InChI is InChI=1S/C9H15N5/c1-6-4-2-3-5-7(6)13-9(12)14-8(10)11/h2-5,8H,10-11H2,1H3,(H3,12,13,14). The van der Waals surface area contributed by atoms with Gasteiger partial charge in [0, 0.05) is 5.69 Å². The molecule has 76 valence electrons. The van der Waals surface area contributed by atoms with Crippen molar-refractivity contribution in [3.63, 3.8) is 0 Å². The first-order valence-electron chi connectivity index (χ1n) is 4.26. The maximum atomic E-state index is 5.55. The maximum Gasteiger partial charge on any atom is 0.195 e. The van der Waals surface area contributed by atoms with E-state index in [2.05, 4.69) is 10.3 Å². The van der Waals surface area contributed by atoms with Gasteiger partial charge in [-0.05, 0) is 18.6 Å². The van der Waals surface area contributed by atoms with Crippen LogP contribution in [-0.4, -0.2) is 12.2 Å². The number of hydrogen-bond acceptors (Lipinski definition) is 3. The lowest BCUT2D eigenvalue weighted by Gasteiger charge is -2.08. The van der Waals surface area contributed by atoms with Crippen LogP contribution in [0.5, 0.6) is 0 Å². The zero-order chi connectivity index (χ0) is 10.6. The summed E-state index contributed by atoms with van der Waals surface area (Å²) in [4.78, 5) is 3.75. The SMILES string of the molecule is Cc1ccccc1N/C(N)=N/C(N)N. The smallest absolute Gasteiger partial charge is 0.195 e. The summed E-state index contributed by atoms with van der Waals surface area (Å²) in [6.45, 7) is 1.97. The number of nitrogens with two attached hydrogens (primary N) is 3. The van der Waals surface area contributed by atoms with Gasteiger partial charge in [0.15, 0.2) is 12.2 Å². The first-order chi connectivity index (χ1) is 6.59. The van der Waals surface area contributed by atoms with E-state index < -0.39 is 6.29 Å². The van der Waals surface area contributed by atoms with E-state index >= 15 is 0 Å². The second kappa shape index (κ2) is 4.59. The molecule has 0 heterocycles. The number of benzene rings is 1. The van der Waals surface area contributed by atoms with E-state index in [0.717, 1.165) is 11.3 Å². The molecule has 0 spiro atoms. The van der Waals surface area contributed by atoms with Gasteiger partial charge in [0.05, 0.1) is 0 Å². The van der Waals surface area contributed by atoms with Crippen molar-refractivity contribution in [2.24, 2.45) is 22.2 Å². The molecule has 7 N–H and O–H groups in total. The molecule has 5 heteroatoms. The molecule has 5 nitrogen and oxygen atoms in total. The van der Waals surface area contributed by atoms with Gasteiger partial charge in [-0.3, -0.25) is 11.5 Å². The summed E-state index contributed by atoms with van der Waals surface area (Å²) < 4.78 is 0. The fourth-order valence-corrected chi connectivity index (χ4v) is 1.04. The molecule has 0 amide bonds. The number of aryl methyl sites for hydroxylation is 1. The van der Waals surface area contributed by atoms with Crippen molar-refractivity contribution in [1.29, 1.82) is 0 Å². The highest BCUT2D eigenvalue weighted by atomic mass is 15.2. The molecule has 0 bridgehead atoms. The molecule has 0 fully saturated rings. The number of anilines is 1. The van der Waals surface area contributed by atoms with E-state index in [9.17, 15) is 0 Å². The van der Waals surface area contributed by atoms with Crippen molar-refractivity contribution in [2.75, 3.05) is 5.32 Å². The van der Waals surface area contributed by atoms with E-state index in [1.165, 1.54) is 0 Å². The molecule has 1 aromatic carbocycles. The molecule has 0 saturated carbocycles. The van der Waals surface area contributed by atoms with Crippen LogP contribution in [0.25, 0.3) is 0 Å². The highest BCUT2D eigenvalue weighted by Crippen LogP contribution is 2.12. The first-order valence-corrected chi connectivity index (χ1v) is 4.26. The largest absolute Gasteiger partial charge is 0.370 e. The van der Waals surface area contributed by atoms with Crippen LogP contribution < -0.4 is 22.5 Å². The van der Waals surface area contributed by atoms with Crippen molar-refractivity contribution < 1.29 is 0 Å². The molecular weight excluding hydrogens is 178 g/mol. The molecule has 0 saturated heterocycles. The van der Waals surface area contributed by atoms with Crippen molar-refractivity contribution >= 4 is 11.6 Å². The maximum absolute atomic E-state index is 5.55. The van der Waals surface area contributed by atoms with Crippen molar-refractivity contribution in [3.8, 4) is 0 Å². The molecule has 0 aliphatic heterocycles. The Kier molecular flexibility index (Phi) is 3.44. The zero-order valence-corrected chi connectivity index (χ0v) is 8.07. The molecule has 1 rings (SSSR count). The van der Waals surface area contributed by atoms with Crippen LogP contribution in [0.2, 0.25) is 0 Å². The van der Waals surface area contributed by atoms with Gasteiger partial charge in [-0.1, -0.05) is 18.2 Å². The van der Waals surface area contributed by atoms with Gasteiger partial charge >= 0.3 is 0 Å². The van der Waals surface area contributed by atoms with E-state index in [1.807, 2.05) is 31.2 Å². The number of rotatable bonds is 2. The summed E-state index contributed by atoms with van der Waals surface area (Å²) in [5, 5.41) is 2.91. The van der Waals surface area contributed by atoms with Gasteiger partial charge in [-0.2, -0.15) is 0 Å². The molecule has 0 radical (unpaired) electrons. The van der Waals surface area contributed by atoms with Crippen LogP contribution >= 0.6 is 0 Å². The molecule has 0 aliphatic rings. The molecule has 0 unspecified atom stereocenters. The van der Waals surface area contributed by atoms with E-state index in [-0.39, 0.29) is 5.96 Å². The Morgan fingerprint density at radius 1 is 1.36 bits per heavy atom. The number of aliphatic imine (C=N–C) groups is 1. The molecular formula is C9H15N5. The minimum Gasteiger partial charge on any atom is -0.370 e. The van der Waals surface area contributed by atoms with E-state index in [1.54, 1.807) is 0 Å². The Labute approximate surface area is 83.0 Å². The average Bonchev–Trinajstić information content (AvgIpc) is 2.07. The highest BCUT2D eigenvalue weighted by molar-refractivity contribution is 5.92. The fourth-order valence-electron chi connectivity index (χ4n) is 1.04. The lowest BCUT2D eigenvalue weighted by Crippen LogP contribution is -2.34. The van der Waals surface area contributed by atoms with Crippen LogP contribution in [0.15, 0.2) is 29.3 Å². The van der Waals surface area contributed by atoms with Gasteiger partial charge < -0.3 is 11.1 Å². The monoisotopic (exact) mass is 193 g/mol. The predicted octanol–water partition coefficient (Wildman–Crippen LogP) is -0.0774. The molecule has 14 heavy (non-hydrogen) atoms. The molecule has 0 aromatic heterocycles. The third-order valence-corrected chi connectivity index (χ3v) is 1.70. The number of nitrogens with zero attached hydrogens (tertiary/aromatic N) is 1. The molecule has 1 aromatic rings. The van der Waals surface area contributed by atoms with Crippen molar-refractivity contribution in [2.45, 2.75) is 13.2 Å². The van der Waals surface area contributed by atoms with Gasteiger partial charge in [-0.15, -0.1) is 0 Å². The van der Waals surface area contributed by atoms with Crippen LogP contribution in [0, 0.1) is 6.92 Å².